The van der Waals surface area contributed by atoms with Crippen LogP contribution in [0.25, 0.3) is 0 Å². The van der Waals surface area contributed by atoms with E-state index in [-0.39, 0.29) is 22.2 Å². The lowest BCUT2D eigenvalue weighted by atomic mass is 9.77. The van der Waals surface area contributed by atoms with Gasteiger partial charge in [0.15, 0.2) is 0 Å². The van der Waals surface area contributed by atoms with E-state index in [1.54, 1.807) is 0 Å². The number of hydrogen-bond donors (Lipinski definition) is 2. The Morgan fingerprint density at radius 1 is 0.593 bits per heavy atom. The van der Waals surface area contributed by atoms with E-state index in [1.807, 2.05) is 0 Å². The Kier molecular flexibility index (Phi) is 6.79. The van der Waals surface area contributed by atoms with E-state index in [9.17, 15) is 0 Å². The summed E-state index contributed by atoms with van der Waals surface area (Å²) >= 11 is 0. The highest BCUT2D eigenvalue weighted by molar-refractivity contribution is 5.02. The second kappa shape index (κ2) is 7.93. The van der Waals surface area contributed by atoms with Crippen LogP contribution in [0.2, 0.25) is 0 Å². The molecule has 2 heterocycles. The van der Waals surface area contributed by atoms with Crippen molar-refractivity contribution in [3.8, 4) is 0 Å². The van der Waals surface area contributed by atoms with Crippen LogP contribution in [0.4, 0.5) is 0 Å². The molecule has 0 aromatic heterocycles. The van der Waals surface area contributed by atoms with Crippen LogP contribution in [0.3, 0.4) is 0 Å². The summed E-state index contributed by atoms with van der Waals surface area (Å²) in [5.41, 5.74) is 1.07. The van der Waals surface area contributed by atoms with Gasteiger partial charge in [0.2, 0.25) is 0 Å². The van der Waals surface area contributed by atoms with E-state index in [2.05, 4.69) is 89.9 Å². The molecule has 0 amide bonds. The smallest absolute Gasteiger partial charge is 0.0170 e. The molecular weight excluding hydrogens is 332 g/mol. The summed E-state index contributed by atoms with van der Waals surface area (Å²) in [7, 11) is 4.56. The van der Waals surface area contributed by atoms with Crippen molar-refractivity contribution in [2.45, 2.75) is 122 Å². The van der Waals surface area contributed by atoms with Crippen molar-refractivity contribution in [1.29, 1.82) is 0 Å². The fourth-order valence-electron chi connectivity index (χ4n) is 5.73. The first kappa shape index (κ1) is 23.1. The van der Waals surface area contributed by atoms with Crippen LogP contribution in [-0.2, 0) is 0 Å². The van der Waals surface area contributed by atoms with E-state index < -0.39 is 0 Å². The van der Waals surface area contributed by atoms with Gasteiger partial charge in [0.05, 0.1) is 0 Å². The quantitative estimate of drug-likeness (QED) is 0.685. The Balaban J connectivity index is 1.73. The molecule has 0 unspecified atom stereocenters. The van der Waals surface area contributed by atoms with Crippen LogP contribution >= 0.6 is 0 Å². The zero-order chi connectivity index (χ0) is 20.7. The zero-order valence-electron chi connectivity index (χ0n) is 20.0. The van der Waals surface area contributed by atoms with Crippen LogP contribution in [0, 0.1) is 0 Å². The van der Waals surface area contributed by atoms with Crippen LogP contribution in [0.15, 0.2) is 0 Å². The van der Waals surface area contributed by atoms with Gasteiger partial charge >= 0.3 is 0 Å². The van der Waals surface area contributed by atoms with Crippen molar-refractivity contribution in [2.24, 2.45) is 0 Å². The van der Waals surface area contributed by atoms with Gasteiger partial charge in [0.1, 0.15) is 0 Å². The van der Waals surface area contributed by atoms with Gasteiger partial charge in [-0.25, -0.2) is 0 Å². The van der Waals surface area contributed by atoms with Crippen LogP contribution in [0.5, 0.6) is 0 Å². The fraction of sp³-hybridized carbons (Fsp3) is 1.00. The maximum atomic E-state index is 3.86. The van der Waals surface area contributed by atoms with Gasteiger partial charge in [-0.1, -0.05) is 0 Å². The molecule has 0 saturated carbocycles. The van der Waals surface area contributed by atoms with Gasteiger partial charge in [-0.05, 0) is 115 Å². The van der Waals surface area contributed by atoms with Gasteiger partial charge in [-0.3, -0.25) is 9.80 Å². The van der Waals surface area contributed by atoms with Crippen molar-refractivity contribution >= 4 is 0 Å². The molecule has 0 aliphatic carbocycles. The molecule has 0 aromatic rings. The van der Waals surface area contributed by atoms with Gasteiger partial charge in [-0.15, -0.1) is 0 Å². The largest absolute Gasteiger partial charge is 0.314 e. The lowest BCUT2D eigenvalue weighted by Gasteiger charge is -2.54. The van der Waals surface area contributed by atoms with E-state index in [0.29, 0.717) is 12.1 Å². The third-order valence-corrected chi connectivity index (χ3v) is 7.84. The third-order valence-electron chi connectivity index (χ3n) is 7.84. The van der Waals surface area contributed by atoms with Crippen molar-refractivity contribution < 1.29 is 0 Å². The molecule has 0 bridgehead atoms. The first-order valence-corrected chi connectivity index (χ1v) is 11.1. The predicted octanol–water partition coefficient (Wildman–Crippen LogP) is 3.86. The first-order chi connectivity index (χ1) is 12.2. The Morgan fingerprint density at radius 3 is 1.11 bits per heavy atom. The molecule has 4 nitrogen and oxygen atoms in total. The molecular formula is C23H48N4. The highest BCUT2D eigenvalue weighted by Crippen LogP contribution is 2.37. The maximum absolute atomic E-state index is 3.86. The SMILES string of the molecule is CN1C(C)(C)CC(NCCCNC2CC(C)(C)N(C)C(C)(C)C2)CC1(C)C. The number of piperidine rings is 2. The molecule has 0 radical (unpaired) electrons. The van der Waals surface area contributed by atoms with Gasteiger partial charge in [-0.2, -0.15) is 0 Å². The highest BCUT2D eigenvalue weighted by atomic mass is 15.3. The minimum absolute atomic E-state index is 0.267. The van der Waals surface area contributed by atoms with Crippen molar-refractivity contribution in [1.82, 2.24) is 20.4 Å². The molecule has 2 aliphatic heterocycles. The maximum Gasteiger partial charge on any atom is 0.0170 e. The molecule has 160 valence electrons. The Bertz CT molecular complexity index is 415. The molecule has 0 spiro atoms. The minimum atomic E-state index is 0.267. The topological polar surface area (TPSA) is 30.5 Å². The summed E-state index contributed by atoms with van der Waals surface area (Å²) in [6.07, 6.45) is 6.14. The van der Waals surface area contributed by atoms with Crippen LogP contribution in [-0.4, -0.2) is 71.2 Å². The molecule has 0 atom stereocenters. The summed E-state index contributed by atoms with van der Waals surface area (Å²) in [6, 6.07) is 1.26. The summed E-state index contributed by atoms with van der Waals surface area (Å²) in [5, 5.41) is 7.71. The number of nitrogens with zero attached hydrogens (tertiary/aromatic N) is 2. The van der Waals surface area contributed by atoms with E-state index in [0.717, 1.165) is 13.1 Å². The van der Waals surface area contributed by atoms with E-state index in [1.165, 1.54) is 32.1 Å². The average molecular weight is 381 g/mol. The van der Waals surface area contributed by atoms with Crippen LogP contribution < -0.4 is 10.6 Å². The zero-order valence-corrected chi connectivity index (χ0v) is 20.0. The molecule has 4 heteroatoms. The second-order valence-corrected chi connectivity index (χ2v) is 11.8. The average Bonchev–Trinajstić information content (AvgIpc) is 2.49. The summed E-state index contributed by atoms with van der Waals surface area (Å²) in [5.74, 6) is 0. The molecule has 2 rings (SSSR count). The Hall–Kier alpha value is -0.160. The van der Waals surface area contributed by atoms with Crippen molar-refractivity contribution in [2.75, 3.05) is 27.2 Å². The number of hydrogen-bond acceptors (Lipinski definition) is 4. The second-order valence-electron chi connectivity index (χ2n) is 11.8. The molecule has 2 saturated heterocycles. The van der Waals surface area contributed by atoms with Crippen LogP contribution in [0.1, 0.15) is 87.5 Å². The van der Waals surface area contributed by atoms with Gasteiger partial charge in [0, 0.05) is 34.2 Å². The highest BCUT2D eigenvalue weighted by Gasteiger charge is 2.43. The third kappa shape index (κ3) is 5.46. The monoisotopic (exact) mass is 380 g/mol. The minimum Gasteiger partial charge on any atom is -0.314 e. The van der Waals surface area contributed by atoms with Crippen molar-refractivity contribution in [3.63, 3.8) is 0 Å². The first-order valence-electron chi connectivity index (χ1n) is 11.1. The summed E-state index contributed by atoms with van der Waals surface area (Å²) in [4.78, 5) is 5.12. The molecule has 2 fully saturated rings. The van der Waals surface area contributed by atoms with Crippen molar-refractivity contribution in [3.05, 3.63) is 0 Å². The van der Waals surface area contributed by atoms with E-state index in [4.69, 9.17) is 0 Å². The standard InChI is InChI=1S/C23H48N4/c1-20(2)14-18(15-21(3,4)26(20)9)24-12-11-13-25-19-16-22(5,6)27(10)23(7,8)17-19/h18-19,24-25H,11-17H2,1-10H3. The molecule has 2 aliphatic rings. The normalized spacial score (nSPS) is 29.1. The lowest BCUT2D eigenvalue weighted by molar-refractivity contribution is -0.0189. The fourth-order valence-corrected chi connectivity index (χ4v) is 5.73. The number of likely N-dealkylation sites (tertiary alicyclic amines) is 2. The predicted molar refractivity (Wildman–Crippen MR) is 119 cm³/mol. The van der Waals surface area contributed by atoms with Gasteiger partial charge in [0.25, 0.3) is 0 Å². The number of nitrogens with one attached hydrogen (secondary N) is 2. The van der Waals surface area contributed by atoms with Gasteiger partial charge < -0.3 is 10.6 Å². The number of rotatable bonds is 6. The van der Waals surface area contributed by atoms with E-state index >= 15 is 0 Å². The molecule has 27 heavy (non-hydrogen) atoms. The summed E-state index contributed by atoms with van der Waals surface area (Å²) < 4.78 is 0. The Labute approximate surface area is 169 Å². The molecule has 2 N–H and O–H groups in total. The Morgan fingerprint density at radius 2 is 0.852 bits per heavy atom. The molecule has 0 aromatic carbocycles. The lowest BCUT2D eigenvalue weighted by Crippen LogP contribution is -2.62. The summed E-state index contributed by atoms with van der Waals surface area (Å²) in [6.45, 7) is 21.3.